The molecule has 3 aromatic carbocycles. The molecule has 0 spiro atoms. The molecule has 2 nitrogen and oxygen atoms in total. The standard InChI is InChI=1S/C28H32O2Si/c1-20-5-7-21(8-6-20)26-15-11-23-19-25(30-17-18-31(2,3)4)14-16-27(23)28(26)22-9-12-24(29)13-10-22/h5-10,12-14,16,19,29H,11,15,17-18H2,1-4H3. The van der Waals surface area contributed by atoms with Gasteiger partial charge >= 0.3 is 0 Å². The van der Waals surface area contributed by atoms with Crippen molar-refractivity contribution in [2.75, 3.05) is 6.61 Å². The fourth-order valence-corrected chi connectivity index (χ4v) is 4.85. The molecular weight excluding hydrogens is 396 g/mol. The number of fused-ring (bicyclic) bond motifs is 1. The lowest BCUT2D eigenvalue weighted by molar-refractivity contribution is 0.338. The summed E-state index contributed by atoms with van der Waals surface area (Å²) in [6.45, 7) is 10.1. The van der Waals surface area contributed by atoms with Gasteiger partial charge in [-0.3, -0.25) is 0 Å². The van der Waals surface area contributed by atoms with Gasteiger partial charge in [0.2, 0.25) is 0 Å². The second-order valence-electron chi connectivity index (χ2n) is 9.74. The molecule has 160 valence electrons. The Morgan fingerprint density at radius 1 is 0.839 bits per heavy atom. The number of aromatic hydroxyl groups is 1. The van der Waals surface area contributed by atoms with E-state index in [1.54, 1.807) is 12.1 Å². The summed E-state index contributed by atoms with van der Waals surface area (Å²) in [4.78, 5) is 0. The van der Waals surface area contributed by atoms with Gasteiger partial charge in [-0.15, -0.1) is 0 Å². The predicted octanol–water partition coefficient (Wildman–Crippen LogP) is 7.32. The molecule has 0 fully saturated rings. The quantitative estimate of drug-likeness (QED) is 0.417. The van der Waals surface area contributed by atoms with Gasteiger partial charge in [-0.05, 0) is 83.5 Å². The molecule has 0 atom stereocenters. The van der Waals surface area contributed by atoms with Crippen LogP contribution in [-0.2, 0) is 6.42 Å². The average molecular weight is 429 g/mol. The van der Waals surface area contributed by atoms with Crippen LogP contribution in [0.3, 0.4) is 0 Å². The highest BCUT2D eigenvalue weighted by Crippen LogP contribution is 2.42. The Balaban J connectivity index is 1.74. The lowest BCUT2D eigenvalue weighted by atomic mass is 9.79. The van der Waals surface area contributed by atoms with Gasteiger partial charge in [-0.1, -0.05) is 67.7 Å². The van der Waals surface area contributed by atoms with E-state index in [9.17, 15) is 5.11 Å². The molecule has 0 radical (unpaired) electrons. The third-order valence-electron chi connectivity index (χ3n) is 5.97. The number of hydrogen-bond donors (Lipinski definition) is 1. The van der Waals surface area contributed by atoms with Gasteiger partial charge in [0.05, 0.1) is 6.61 Å². The summed E-state index contributed by atoms with van der Waals surface area (Å²) in [7, 11) is -1.10. The normalized spacial score (nSPS) is 13.8. The molecule has 3 heteroatoms. The van der Waals surface area contributed by atoms with Crippen molar-refractivity contribution < 1.29 is 9.84 Å². The summed E-state index contributed by atoms with van der Waals surface area (Å²) in [5.74, 6) is 1.27. The SMILES string of the molecule is Cc1ccc(C2=C(c3ccc(O)cc3)c3ccc(OCC[Si](C)(C)C)cc3CC2)cc1. The molecule has 31 heavy (non-hydrogen) atoms. The van der Waals surface area contributed by atoms with E-state index in [4.69, 9.17) is 4.74 Å². The average Bonchev–Trinajstić information content (AvgIpc) is 2.73. The van der Waals surface area contributed by atoms with Crippen LogP contribution in [0.15, 0.2) is 66.7 Å². The summed E-state index contributed by atoms with van der Waals surface area (Å²) >= 11 is 0. The number of benzene rings is 3. The largest absolute Gasteiger partial charge is 0.508 e. The maximum absolute atomic E-state index is 9.81. The second kappa shape index (κ2) is 8.76. The third kappa shape index (κ3) is 5.11. The molecule has 0 unspecified atom stereocenters. The topological polar surface area (TPSA) is 29.5 Å². The molecule has 0 heterocycles. The van der Waals surface area contributed by atoms with Crippen LogP contribution >= 0.6 is 0 Å². The Bertz CT molecular complexity index is 1090. The molecule has 0 saturated heterocycles. The van der Waals surface area contributed by atoms with E-state index >= 15 is 0 Å². The first-order valence-corrected chi connectivity index (χ1v) is 14.9. The smallest absolute Gasteiger partial charge is 0.119 e. The fourth-order valence-electron chi connectivity index (χ4n) is 4.13. The Labute approximate surface area is 187 Å². The third-order valence-corrected chi connectivity index (χ3v) is 7.67. The molecule has 0 aliphatic heterocycles. The van der Waals surface area contributed by atoms with Gasteiger partial charge in [0.25, 0.3) is 0 Å². The Morgan fingerprint density at radius 3 is 2.19 bits per heavy atom. The van der Waals surface area contributed by atoms with Crippen LogP contribution in [0.5, 0.6) is 11.5 Å². The van der Waals surface area contributed by atoms with E-state index in [1.807, 2.05) is 12.1 Å². The molecule has 1 N–H and O–H groups in total. The van der Waals surface area contributed by atoms with Crippen molar-refractivity contribution in [2.45, 2.75) is 45.5 Å². The maximum Gasteiger partial charge on any atom is 0.119 e. The highest BCUT2D eigenvalue weighted by molar-refractivity contribution is 6.76. The van der Waals surface area contributed by atoms with E-state index in [2.05, 4.69) is 69.0 Å². The molecule has 1 aliphatic rings. The van der Waals surface area contributed by atoms with Crippen LogP contribution in [0.25, 0.3) is 11.1 Å². The molecule has 1 aliphatic carbocycles. The summed E-state index contributed by atoms with van der Waals surface area (Å²) in [5, 5.41) is 9.81. The lowest BCUT2D eigenvalue weighted by Crippen LogP contribution is -2.22. The molecule has 0 bridgehead atoms. The van der Waals surface area contributed by atoms with Gasteiger partial charge in [0, 0.05) is 8.07 Å². The zero-order valence-electron chi connectivity index (χ0n) is 19.0. The molecule has 0 saturated carbocycles. The second-order valence-corrected chi connectivity index (χ2v) is 15.4. The monoisotopic (exact) mass is 428 g/mol. The van der Waals surface area contributed by atoms with Crippen LogP contribution in [0.2, 0.25) is 25.7 Å². The van der Waals surface area contributed by atoms with E-state index in [0.717, 1.165) is 30.8 Å². The van der Waals surface area contributed by atoms with Crippen LogP contribution in [0, 0.1) is 6.92 Å². The summed E-state index contributed by atoms with van der Waals surface area (Å²) < 4.78 is 6.12. The highest BCUT2D eigenvalue weighted by atomic mass is 28.3. The van der Waals surface area contributed by atoms with Gasteiger partial charge in [0.15, 0.2) is 0 Å². The number of allylic oxidation sites excluding steroid dienone is 1. The Kier molecular flexibility index (Phi) is 6.06. The van der Waals surface area contributed by atoms with Crippen molar-refractivity contribution in [3.8, 4) is 11.5 Å². The zero-order chi connectivity index (χ0) is 22.0. The van der Waals surface area contributed by atoms with E-state index in [0.29, 0.717) is 5.75 Å². The number of phenolic OH excluding ortho intramolecular Hbond substituents is 1. The van der Waals surface area contributed by atoms with E-state index in [1.165, 1.54) is 39.4 Å². The van der Waals surface area contributed by atoms with Crippen molar-refractivity contribution in [1.29, 1.82) is 0 Å². The van der Waals surface area contributed by atoms with Gasteiger partial charge in [-0.2, -0.15) is 0 Å². The molecule has 3 aromatic rings. The number of phenols is 1. The maximum atomic E-state index is 9.81. The van der Waals surface area contributed by atoms with Crippen LogP contribution < -0.4 is 4.74 Å². The minimum Gasteiger partial charge on any atom is -0.508 e. The summed E-state index contributed by atoms with van der Waals surface area (Å²) in [6.07, 6.45) is 2.00. The number of ether oxygens (including phenoxy) is 1. The van der Waals surface area contributed by atoms with Crippen molar-refractivity contribution in [3.63, 3.8) is 0 Å². The van der Waals surface area contributed by atoms with Crippen molar-refractivity contribution in [1.82, 2.24) is 0 Å². The number of rotatable bonds is 6. The first-order chi connectivity index (χ1) is 14.8. The van der Waals surface area contributed by atoms with Gasteiger partial charge in [0.1, 0.15) is 11.5 Å². The summed E-state index contributed by atoms with van der Waals surface area (Å²) in [5.41, 5.74) is 8.92. The molecule has 0 amide bonds. The fraction of sp³-hybridized carbons (Fsp3) is 0.286. The van der Waals surface area contributed by atoms with Crippen molar-refractivity contribution >= 4 is 19.2 Å². The van der Waals surface area contributed by atoms with Crippen LogP contribution in [0.1, 0.15) is 34.2 Å². The number of aryl methyl sites for hydroxylation is 2. The minimum atomic E-state index is -1.10. The van der Waals surface area contributed by atoms with E-state index in [-0.39, 0.29) is 0 Å². The van der Waals surface area contributed by atoms with Crippen molar-refractivity contribution in [3.05, 3.63) is 94.5 Å². The van der Waals surface area contributed by atoms with Crippen LogP contribution in [0.4, 0.5) is 0 Å². The Morgan fingerprint density at radius 2 is 1.52 bits per heavy atom. The van der Waals surface area contributed by atoms with Gasteiger partial charge in [-0.25, -0.2) is 0 Å². The minimum absolute atomic E-state index is 0.295. The Hall–Kier alpha value is -2.78. The zero-order valence-corrected chi connectivity index (χ0v) is 20.0. The molecular formula is C28H32O2Si. The van der Waals surface area contributed by atoms with E-state index < -0.39 is 8.07 Å². The first-order valence-electron chi connectivity index (χ1n) is 11.2. The van der Waals surface area contributed by atoms with Crippen molar-refractivity contribution in [2.24, 2.45) is 0 Å². The first kappa shape index (κ1) is 21.4. The summed E-state index contributed by atoms with van der Waals surface area (Å²) in [6, 6.07) is 24.1. The molecule has 4 rings (SSSR count). The lowest BCUT2D eigenvalue weighted by Gasteiger charge is -2.25. The van der Waals surface area contributed by atoms with Gasteiger partial charge < -0.3 is 9.84 Å². The predicted molar refractivity (Wildman–Crippen MR) is 134 cm³/mol. The van der Waals surface area contributed by atoms with Crippen LogP contribution in [-0.4, -0.2) is 19.8 Å². The number of hydrogen-bond acceptors (Lipinski definition) is 2. The highest BCUT2D eigenvalue weighted by Gasteiger charge is 2.22. The molecule has 0 aromatic heterocycles.